The van der Waals surface area contributed by atoms with Gasteiger partial charge in [0.25, 0.3) is 0 Å². The van der Waals surface area contributed by atoms with Gasteiger partial charge in [0.05, 0.1) is 12.2 Å². The van der Waals surface area contributed by atoms with Crippen molar-refractivity contribution in [1.82, 2.24) is 5.32 Å². The van der Waals surface area contributed by atoms with Gasteiger partial charge in [0, 0.05) is 30.5 Å². The highest BCUT2D eigenvalue weighted by atomic mass is 16.5. The SMILES string of the molecule is Cc1ccc([C@H](O)CN[C@@H]2[C@@H]3CCO[C@@H]3C2(C)C)cc1. The number of hydrogen-bond acceptors (Lipinski definition) is 3. The molecular weight excluding hydrogens is 250 g/mol. The first-order valence-corrected chi connectivity index (χ1v) is 7.60. The van der Waals surface area contributed by atoms with Crippen LogP contribution >= 0.6 is 0 Å². The van der Waals surface area contributed by atoms with Crippen molar-refractivity contribution in [3.8, 4) is 0 Å². The summed E-state index contributed by atoms with van der Waals surface area (Å²) in [4.78, 5) is 0. The molecule has 110 valence electrons. The van der Waals surface area contributed by atoms with Crippen LogP contribution in [0.2, 0.25) is 0 Å². The smallest absolute Gasteiger partial charge is 0.0914 e. The van der Waals surface area contributed by atoms with E-state index >= 15 is 0 Å². The third kappa shape index (κ3) is 2.28. The summed E-state index contributed by atoms with van der Waals surface area (Å²) in [5.41, 5.74) is 2.38. The first-order valence-electron chi connectivity index (χ1n) is 7.60. The first kappa shape index (κ1) is 14.1. The Morgan fingerprint density at radius 2 is 2.05 bits per heavy atom. The molecule has 1 aliphatic heterocycles. The van der Waals surface area contributed by atoms with E-state index in [0.717, 1.165) is 18.6 Å². The Kier molecular flexibility index (Phi) is 3.61. The number of ether oxygens (including phenoxy) is 1. The lowest BCUT2D eigenvalue weighted by molar-refractivity contribution is -0.114. The molecule has 3 heteroatoms. The molecule has 2 N–H and O–H groups in total. The van der Waals surface area contributed by atoms with Gasteiger partial charge >= 0.3 is 0 Å². The number of benzene rings is 1. The zero-order chi connectivity index (χ0) is 14.3. The molecule has 0 bridgehead atoms. The van der Waals surface area contributed by atoms with Crippen molar-refractivity contribution in [1.29, 1.82) is 0 Å². The maximum absolute atomic E-state index is 10.3. The van der Waals surface area contributed by atoms with Crippen LogP contribution in [0.15, 0.2) is 24.3 Å². The van der Waals surface area contributed by atoms with Gasteiger partial charge in [0.15, 0.2) is 0 Å². The number of aliphatic hydroxyl groups excluding tert-OH is 1. The molecule has 4 atom stereocenters. The first-order chi connectivity index (χ1) is 9.50. The fraction of sp³-hybridized carbons (Fsp3) is 0.647. The topological polar surface area (TPSA) is 41.5 Å². The summed E-state index contributed by atoms with van der Waals surface area (Å²) in [7, 11) is 0. The number of rotatable bonds is 4. The van der Waals surface area contributed by atoms with Crippen LogP contribution in [0.3, 0.4) is 0 Å². The molecule has 1 aromatic rings. The van der Waals surface area contributed by atoms with Gasteiger partial charge in [-0.1, -0.05) is 43.7 Å². The molecule has 1 heterocycles. The Morgan fingerprint density at radius 1 is 1.35 bits per heavy atom. The van der Waals surface area contributed by atoms with Gasteiger partial charge in [-0.2, -0.15) is 0 Å². The van der Waals surface area contributed by atoms with Crippen molar-refractivity contribution in [3.05, 3.63) is 35.4 Å². The third-order valence-electron chi connectivity index (χ3n) is 5.09. The zero-order valence-electron chi connectivity index (χ0n) is 12.6. The molecule has 0 amide bonds. The van der Waals surface area contributed by atoms with Gasteiger partial charge in [-0.05, 0) is 18.9 Å². The minimum absolute atomic E-state index is 0.175. The predicted molar refractivity (Wildman–Crippen MR) is 79.6 cm³/mol. The van der Waals surface area contributed by atoms with Crippen LogP contribution < -0.4 is 5.32 Å². The van der Waals surface area contributed by atoms with Crippen LogP contribution in [0.25, 0.3) is 0 Å². The second-order valence-corrected chi connectivity index (χ2v) is 6.88. The summed E-state index contributed by atoms with van der Waals surface area (Å²) in [6, 6.07) is 8.57. The van der Waals surface area contributed by atoms with E-state index in [0.29, 0.717) is 24.6 Å². The fourth-order valence-electron chi connectivity index (χ4n) is 3.88. The summed E-state index contributed by atoms with van der Waals surface area (Å²) >= 11 is 0. The zero-order valence-corrected chi connectivity index (χ0v) is 12.6. The molecule has 20 heavy (non-hydrogen) atoms. The van der Waals surface area contributed by atoms with E-state index in [1.54, 1.807) is 0 Å². The Morgan fingerprint density at radius 3 is 2.75 bits per heavy atom. The average molecular weight is 275 g/mol. The summed E-state index contributed by atoms with van der Waals surface area (Å²) in [6.45, 7) is 8.08. The summed E-state index contributed by atoms with van der Waals surface area (Å²) in [5.74, 6) is 0.621. The summed E-state index contributed by atoms with van der Waals surface area (Å²) < 4.78 is 5.80. The molecule has 1 saturated carbocycles. The van der Waals surface area contributed by atoms with E-state index in [-0.39, 0.29) is 5.41 Å². The van der Waals surface area contributed by atoms with Gasteiger partial charge < -0.3 is 15.2 Å². The van der Waals surface area contributed by atoms with Crippen molar-refractivity contribution < 1.29 is 9.84 Å². The van der Waals surface area contributed by atoms with Gasteiger partial charge in [0.1, 0.15) is 0 Å². The Bertz CT molecular complexity index is 468. The van der Waals surface area contributed by atoms with Crippen LogP contribution in [-0.2, 0) is 4.74 Å². The van der Waals surface area contributed by atoms with Gasteiger partial charge in [-0.3, -0.25) is 0 Å². The lowest BCUT2D eigenvalue weighted by atomic mass is 9.57. The molecule has 1 aliphatic carbocycles. The maximum Gasteiger partial charge on any atom is 0.0914 e. The summed E-state index contributed by atoms with van der Waals surface area (Å²) in [5, 5.41) is 13.9. The Labute approximate surface area is 121 Å². The van der Waals surface area contributed by atoms with E-state index in [9.17, 15) is 5.11 Å². The molecule has 0 unspecified atom stereocenters. The van der Waals surface area contributed by atoms with Crippen molar-refractivity contribution in [2.45, 2.75) is 45.4 Å². The standard InChI is InChI=1S/C17H25NO2/c1-11-4-6-12(7-5-11)14(19)10-18-15-13-8-9-20-16(13)17(15,2)3/h4-7,13-16,18-19H,8-10H2,1-3H3/t13-,14+,15+,16-/m0/s1. The summed E-state index contributed by atoms with van der Waals surface area (Å²) in [6.07, 6.45) is 1.11. The number of fused-ring (bicyclic) bond motifs is 1. The molecule has 1 saturated heterocycles. The van der Waals surface area contributed by atoms with E-state index in [1.807, 2.05) is 24.3 Å². The maximum atomic E-state index is 10.3. The van der Waals surface area contributed by atoms with E-state index in [1.165, 1.54) is 5.56 Å². The van der Waals surface area contributed by atoms with Crippen LogP contribution in [0.1, 0.15) is 37.5 Å². The van der Waals surface area contributed by atoms with Crippen molar-refractivity contribution in [2.24, 2.45) is 11.3 Å². The minimum Gasteiger partial charge on any atom is -0.387 e. The third-order valence-corrected chi connectivity index (χ3v) is 5.09. The Balaban J connectivity index is 1.58. The normalized spacial score (nSPS) is 32.5. The second-order valence-electron chi connectivity index (χ2n) is 6.88. The van der Waals surface area contributed by atoms with E-state index in [4.69, 9.17) is 4.74 Å². The van der Waals surface area contributed by atoms with Crippen molar-refractivity contribution >= 4 is 0 Å². The van der Waals surface area contributed by atoms with Crippen LogP contribution in [0.4, 0.5) is 0 Å². The molecule has 1 aromatic carbocycles. The van der Waals surface area contributed by atoms with E-state index < -0.39 is 6.10 Å². The lowest BCUT2D eigenvalue weighted by Gasteiger charge is -2.55. The average Bonchev–Trinajstić information content (AvgIpc) is 2.86. The molecule has 0 radical (unpaired) electrons. The highest BCUT2D eigenvalue weighted by Crippen LogP contribution is 2.52. The predicted octanol–water partition coefficient (Wildman–Crippen LogP) is 2.43. The van der Waals surface area contributed by atoms with Crippen molar-refractivity contribution in [3.63, 3.8) is 0 Å². The molecule has 3 nitrogen and oxygen atoms in total. The van der Waals surface area contributed by atoms with Gasteiger partial charge in [-0.15, -0.1) is 0 Å². The number of aryl methyl sites for hydroxylation is 1. The van der Waals surface area contributed by atoms with Crippen LogP contribution in [-0.4, -0.2) is 30.4 Å². The molecule has 3 rings (SSSR count). The minimum atomic E-state index is -0.437. The monoisotopic (exact) mass is 275 g/mol. The van der Waals surface area contributed by atoms with Crippen LogP contribution in [0, 0.1) is 18.3 Å². The second kappa shape index (κ2) is 5.14. The Hall–Kier alpha value is -0.900. The highest BCUT2D eigenvalue weighted by Gasteiger charge is 2.58. The number of aliphatic hydroxyl groups is 1. The molecule has 0 aromatic heterocycles. The highest BCUT2D eigenvalue weighted by molar-refractivity contribution is 5.23. The largest absolute Gasteiger partial charge is 0.387 e. The number of nitrogens with one attached hydrogen (secondary N) is 1. The molecule has 0 spiro atoms. The molecular formula is C17H25NO2. The quantitative estimate of drug-likeness (QED) is 0.887. The number of hydrogen-bond donors (Lipinski definition) is 2. The fourth-order valence-corrected chi connectivity index (χ4v) is 3.88. The van der Waals surface area contributed by atoms with Crippen molar-refractivity contribution in [2.75, 3.05) is 13.2 Å². The lowest BCUT2D eigenvalue weighted by Crippen LogP contribution is -2.66. The van der Waals surface area contributed by atoms with E-state index in [2.05, 4.69) is 26.1 Å². The van der Waals surface area contributed by atoms with Gasteiger partial charge in [-0.25, -0.2) is 0 Å². The van der Waals surface area contributed by atoms with Gasteiger partial charge in [0.2, 0.25) is 0 Å². The van der Waals surface area contributed by atoms with Crippen LogP contribution in [0.5, 0.6) is 0 Å². The molecule has 2 aliphatic rings. The molecule has 2 fully saturated rings.